The molecule has 1 saturated heterocycles. The van der Waals surface area contributed by atoms with Crippen molar-refractivity contribution in [2.45, 2.75) is 19.4 Å². The number of aromatic nitrogens is 2. The van der Waals surface area contributed by atoms with Crippen LogP contribution >= 0.6 is 0 Å². The molecule has 0 radical (unpaired) electrons. The van der Waals surface area contributed by atoms with E-state index in [2.05, 4.69) is 32.6 Å². The molecule has 0 N–H and O–H groups in total. The van der Waals surface area contributed by atoms with E-state index in [4.69, 9.17) is 4.74 Å². The fraction of sp³-hybridized carbons (Fsp3) is 0.278. The molecule has 1 fully saturated rings. The van der Waals surface area contributed by atoms with Gasteiger partial charge in [0.05, 0.1) is 6.20 Å². The molecule has 112 valence electrons. The summed E-state index contributed by atoms with van der Waals surface area (Å²) in [6.07, 6.45) is 6.54. The minimum absolute atomic E-state index is 0.562. The molecule has 2 aromatic heterocycles. The topological polar surface area (TPSA) is 29.8 Å². The molecular formula is C18H19N3O. The number of pyridine rings is 1. The van der Waals surface area contributed by atoms with Crippen LogP contribution in [0.5, 0.6) is 5.75 Å². The van der Waals surface area contributed by atoms with Gasteiger partial charge in [-0.05, 0) is 30.5 Å². The number of rotatable bonds is 4. The molecule has 0 bridgehead atoms. The van der Waals surface area contributed by atoms with Gasteiger partial charge in [0.15, 0.2) is 11.4 Å². The summed E-state index contributed by atoms with van der Waals surface area (Å²) in [5.41, 5.74) is 2.05. The van der Waals surface area contributed by atoms with Gasteiger partial charge < -0.3 is 9.64 Å². The highest BCUT2D eigenvalue weighted by Gasteiger charge is 2.17. The Bertz CT molecular complexity index is 760. The lowest BCUT2D eigenvalue weighted by atomic mass is 10.2. The molecule has 1 aliphatic rings. The maximum absolute atomic E-state index is 5.98. The second kappa shape index (κ2) is 5.72. The summed E-state index contributed by atoms with van der Waals surface area (Å²) < 4.78 is 8.11. The number of imidazole rings is 1. The van der Waals surface area contributed by atoms with Crippen LogP contribution in [0.4, 0.5) is 5.82 Å². The number of nitrogens with zero attached hydrogens (tertiary/aromatic N) is 3. The first-order chi connectivity index (χ1) is 10.9. The van der Waals surface area contributed by atoms with Gasteiger partial charge in [-0.2, -0.15) is 0 Å². The van der Waals surface area contributed by atoms with E-state index in [0.29, 0.717) is 6.61 Å². The van der Waals surface area contributed by atoms with Gasteiger partial charge in [-0.3, -0.25) is 4.40 Å². The maximum Gasteiger partial charge on any atom is 0.181 e. The van der Waals surface area contributed by atoms with Crippen molar-refractivity contribution in [2.24, 2.45) is 0 Å². The Balaban J connectivity index is 1.61. The molecule has 0 spiro atoms. The summed E-state index contributed by atoms with van der Waals surface area (Å²) in [5, 5.41) is 0. The number of hydrogen-bond donors (Lipinski definition) is 0. The Morgan fingerprint density at radius 2 is 1.82 bits per heavy atom. The molecule has 4 nitrogen and oxygen atoms in total. The number of ether oxygens (including phenoxy) is 1. The van der Waals surface area contributed by atoms with Crippen LogP contribution in [0.3, 0.4) is 0 Å². The third kappa shape index (κ3) is 2.41. The normalized spacial score (nSPS) is 14.6. The number of hydrogen-bond acceptors (Lipinski definition) is 3. The lowest BCUT2D eigenvalue weighted by Gasteiger charge is -2.16. The largest absolute Gasteiger partial charge is 0.485 e. The predicted molar refractivity (Wildman–Crippen MR) is 87.4 cm³/mol. The smallest absolute Gasteiger partial charge is 0.181 e. The molecule has 4 heteroatoms. The molecule has 0 atom stereocenters. The van der Waals surface area contributed by atoms with Gasteiger partial charge in [0.25, 0.3) is 0 Å². The van der Waals surface area contributed by atoms with Crippen molar-refractivity contribution in [1.29, 1.82) is 0 Å². The lowest BCUT2D eigenvalue weighted by Crippen LogP contribution is -2.19. The van der Waals surface area contributed by atoms with E-state index in [-0.39, 0.29) is 0 Å². The molecular weight excluding hydrogens is 274 g/mol. The van der Waals surface area contributed by atoms with Gasteiger partial charge in [-0.25, -0.2) is 4.98 Å². The van der Waals surface area contributed by atoms with Gasteiger partial charge in [-0.1, -0.05) is 30.3 Å². The summed E-state index contributed by atoms with van der Waals surface area (Å²) in [6, 6.07) is 14.2. The van der Waals surface area contributed by atoms with Crippen molar-refractivity contribution in [3.05, 3.63) is 60.4 Å². The van der Waals surface area contributed by atoms with E-state index in [1.807, 2.05) is 36.5 Å². The van der Waals surface area contributed by atoms with E-state index in [1.165, 1.54) is 12.8 Å². The van der Waals surface area contributed by atoms with E-state index in [0.717, 1.165) is 35.9 Å². The van der Waals surface area contributed by atoms with Crippen molar-refractivity contribution < 1.29 is 4.74 Å². The first kappa shape index (κ1) is 13.2. The quantitative estimate of drug-likeness (QED) is 0.737. The highest BCUT2D eigenvalue weighted by molar-refractivity contribution is 5.60. The fourth-order valence-corrected chi connectivity index (χ4v) is 3.00. The Morgan fingerprint density at radius 3 is 2.64 bits per heavy atom. The molecule has 0 amide bonds. The molecule has 22 heavy (non-hydrogen) atoms. The van der Waals surface area contributed by atoms with E-state index in [1.54, 1.807) is 0 Å². The molecule has 4 rings (SSSR count). The summed E-state index contributed by atoms with van der Waals surface area (Å²) in [4.78, 5) is 6.96. The van der Waals surface area contributed by atoms with Crippen LogP contribution < -0.4 is 9.64 Å². The average molecular weight is 293 g/mol. The maximum atomic E-state index is 5.98. The molecule has 1 aromatic carbocycles. The van der Waals surface area contributed by atoms with Gasteiger partial charge in [-0.15, -0.1) is 0 Å². The van der Waals surface area contributed by atoms with Crippen LogP contribution in [0, 0.1) is 0 Å². The van der Waals surface area contributed by atoms with Crippen LogP contribution in [0.15, 0.2) is 54.9 Å². The Labute approximate surface area is 130 Å². The average Bonchev–Trinajstić information content (AvgIpc) is 3.22. The minimum Gasteiger partial charge on any atom is -0.485 e. The third-order valence-electron chi connectivity index (χ3n) is 4.15. The van der Waals surface area contributed by atoms with Crippen molar-refractivity contribution in [3.63, 3.8) is 0 Å². The SMILES string of the molecule is c1ccc(COc2cccn3c(N4CCCC4)cnc23)cc1. The van der Waals surface area contributed by atoms with Crippen LogP contribution in [-0.4, -0.2) is 22.5 Å². The standard InChI is InChI=1S/C18H19N3O/c1-2-7-15(8-3-1)14-22-16-9-6-12-21-17(13-19-18(16)21)20-10-4-5-11-20/h1-3,6-9,12-13H,4-5,10-11,14H2. The summed E-state index contributed by atoms with van der Waals surface area (Å²) in [5.74, 6) is 1.99. The van der Waals surface area contributed by atoms with E-state index >= 15 is 0 Å². The summed E-state index contributed by atoms with van der Waals surface area (Å²) >= 11 is 0. The summed E-state index contributed by atoms with van der Waals surface area (Å²) in [7, 11) is 0. The molecule has 0 unspecified atom stereocenters. The highest BCUT2D eigenvalue weighted by atomic mass is 16.5. The van der Waals surface area contributed by atoms with Crippen LogP contribution in [0.25, 0.3) is 5.65 Å². The monoisotopic (exact) mass is 293 g/mol. The highest BCUT2D eigenvalue weighted by Crippen LogP contribution is 2.26. The molecule has 1 aliphatic heterocycles. The number of anilines is 1. The first-order valence-corrected chi connectivity index (χ1v) is 7.79. The fourth-order valence-electron chi connectivity index (χ4n) is 3.00. The molecule has 3 heterocycles. The second-order valence-electron chi connectivity index (χ2n) is 5.65. The van der Waals surface area contributed by atoms with Crippen molar-refractivity contribution in [2.75, 3.05) is 18.0 Å². The first-order valence-electron chi connectivity index (χ1n) is 7.79. The third-order valence-corrected chi connectivity index (χ3v) is 4.15. The Morgan fingerprint density at radius 1 is 1.00 bits per heavy atom. The van der Waals surface area contributed by atoms with Crippen LogP contribution in [-0.2, 0) is 6.61 Å². The number of fused-ring (bicyclic) bond motifs is 1. The van der Waals surface area contributed by atoms with E-state index < -0.39 is 0 Å². The van der Waals surface area contributed by atoms with Crippen molar-refractivity contribution >= 4 is 11.5 Å². The minimum atomic E-state index is 0.562. The van der Waals surface area contributed by atoms with Crippen LogP contribution in [0.2, 0.25) is 0 Å². The van der Waals surface area contributed by atoms with Gasteiger partial charge in [0.2, 0.25) is 0 Å². The second-order valence-corrected chi connectivity index (χ2v) is 5.65. The molecule has 0 saturated carbocycles. The Hall–Kier alpha value is -2.49. The molecule has 0 aliphatic carbocycles. The lowest BCUT2D eigenvalue weighted by molar-refractivity contribution is 0.308. The predicted octanol–water partition coefficient (Wildman–Crippen LogP) is 3.51. The zero-order chi connectivity index (χ0) is 14.8. The molecule has 3 aromatic rings. The zero-order valence-corrected chi connectivity index (χ0v) is 12.5. The van der Waals surface area contributed by atoms with Crippen molar-refractivity contribution in [1.82, 2.24) is 9.38 Å². The van der Waals surface area contributed by atoms with Gasteiger partial charge in [0, 0.05) is 19.3 Å². The zero-order valence-electron chi connectivity index (χ0n) is 12.5. The Kier molecular flexibility index (Phi) is 3.43. The van der Waals surface area contributed by atoms with Crippen molar-refractivity contribution in [3.8, 4) is 5.75 Å². The van der Waals surface area contributed by atoms with E-state index in [9.17, 15) is 0 Å². The number of benzene rings is 1. The van der Waals surface area contributed by atoms with Crippen LogP contribution in [0.1, 0.15) is 18.4 Å². The van der Waals surface area contributed by atoms with Gasteiger partial charge in [0.1, 0.15) is 12.4 Å². The van der Waals surface area contributed by atoms with Gasteiger partial charge >= 0.3 is 0 Å². The summed E-state index contributed by atoms with van der Waals surface area (Å²) in [6.45, 7) is 2.79.